The number of fused-ring (bicyclic) bond motifs is 2. The van der Waals surface area contributed by atoms with Crippen LogP contribution in [0.15, 0.2) is 54.9 Å². The fourth-order valence-corrected chi connectivity index (χ4v) is 4.23. The molecule has 31 heavy (non-hydrogen) atoms. The third kappa shape index (κ3) is 4.22. The van der Waals surface area contributed by atoms with Crippen molar-refractivity contribution in [2.24, 2.45) is 0 Å². The Morgan fingerprint density at radius 1 is 1.03 bits per heavy atom. The third-order valence-corrected chi connectivity index (χ3v) is 5.79. The summed E-state index contributed by atoms with van der Waals surface area (Å²) in [6.07, 6.45) is 4.67. The van der Waals surface area contributed by atoms with E-state index in [1.165, 1.54) is 0 Å². The molecule has 1 aromatic heterocycles. The lowest BCUT2D eigenvalue weighted by atomic mass is 9.94. The molecule has 1 atom stereocenters. The quantitative estimate of drug-likeness (QED) is 0.521. The van der Waals surface area contributed by atoms with Crippen molar-refractivity contribution in [2.75, 3.05) is 30.3 Å². The lowest BCUT2D eigenvalue weighted by Gasteiger charge is -2.26. The van der Waals surface area contributed by atoms with E-state index in [4.69, 9.17) is 10.1 Å². The number of anilines is 2. The zero-order chi connectivity index (χ0) is 21.0. The topological polar surface area (TPSA) is 96.7 Å². The van der Waals surface area contributed by atoms with Crippen molar-refractivity contribution in [3.8, 4) is 11.5 Å². The summed E-state index contributed by atoms with van der Waals surface area (Å²) in [7, 11) is 0. The smallest absolute Gasteiger partial charge is 0.219 e. The summed E-state index contributed by atoms with van der Waals surface area (Å²) >= 11 is 0. The van der Waals surface area contributed by atoms with E-state index >= 15 is 0 Å². The number of nitrogens with zero attached hydrogens (tertiary/aromatic N) is 2. The Morgan fingerprint density at radius 2 is 1.94 bits per heavy atom. The molecule has 3 heterocycles. The number of nitrogens with one attached hydrogen (secondary N) is 3. The molecule has 2 aromatic carbocycles. The predicted molar refractivity (Wildman–Crippen MR) is 122 cm³/mol. The van der Waals surface area contributed by atoms with Crippen LogP contribution in [0.5, 0.6) is 11.5 Å². The molecule has 1 fully saturated rings. The van der Waals surface area contributed by atoms with Gasteiger partial charge >= 0.3 is 0 Å². The molecule has 0 amide bonds. The Labute approximate surface area is 181 Å². The van der Waals surface area contributed by atoms with Crippen molar-refractivity contribution >= 4 is 17.3 Å². The van der Waals surface area contributed by atoms with Gasteiger partial charge in [-0.25, -0.2) is 9.97 Å². The van der Waals surface area contributed by atoms with Crippen molar-refractivity contribution < 1.29 is 10.1 Å². The molecule has 5 rings (SSSR count). The highest BCUT2D eigenvalue weighted by Crippen LogP contribution is 2.30. The monoisotopic (exact) mass is 415 g/mol. The summed E-state index contributed by atoms with van der Waals surface area (Å²) in [5, 5.41) is 17.2. The molecule has 0 bridgehead atoms. The fraction of sp³-hybridized carbons (Fsp3) is 0.292. The Hall–Kier alpha value is -3.45. The lowest BCUT2D eigenvalue weighted by Crippen LogP contribution is -2.44. The van der Waals surface area contributed by atoms with Crippen LogP contribution in [0, 0.1) is 0 Å². The maximum atomic E-state index is 6.74. The highest BCUT2D eigenvalue weighted by atomic mass is 16.5. The van der Waals surface area contributed by atoms with Crippen LogP contribution in [0.1, 0.15) is 29.5 Å². The number of ether oxygens (including phenoxy) is 1. The van der Waals surface area contributed by atoms with E-state index in [1.807, 2.05) is 42.5 Å². The van der Waals surface area contributed by atoms with E-state index in [2.05, 4.69) is 32.0 Å². The molecule has 7 heteroatoms. The minimum Gasteiger partial charge on any atom is -0.457 e. The molecule has 2 aliphatic heterocycles. The van der Waals surface area contributed by atoms with Gasteiger partial charge in [-0.05, 0) is 61.7 Å². The van der Waals surface area contributed by atoms with Crippen LogP contribution in [0.4, 0.5) is 11.6 Å². The number of benzene rings is 2. The lowest BCUT2D eigenvalue weighted by molar-refractivity contribution is -0.111. The van der Waals surface area contributed by atoms with Gasteiger partial charge in [0.15, 0.2) is 0 Å². The zero-order valence-electron chi connectivity index (χ0n) is 17.4. The molecular formula is C24H27N6O+. The number of nitrogens with two attached hydrogens (primary N) is 1. The molecule has 0 saturated carbocycles. The second-order valence-corrected chi connectivity index (χ2v) is 7.96. The maximum Gasteiger partial charge on any atom is 0.219 e. The first-order valence-electron chi connectivity index (χ1n) is 10.8. The van der Waals surface area contributed by atoms with Crippen molar-refractivity contribution in [2.45, 2.75) is 25.3 Å². The van der Waals surface area contributed by atoms with E-state index in [9.17, 15) is 0 Å². The summed E-state index contributed by atoms with van der Waals surface area (Å²) in [6.45, 7) is 2.74. The summed E-state index contributed by atoms with van der Waals surface area (Å²) in [4.78, 5) is 9.01. The zero-order valence-corrected chi connectivity index (χ0v) is 17.4. The Balaban J connectivity index is 1.47. The van der Waals surface area contributed by atoms with Gasteiger partial charge in [0.05, 0.1) is 0 Å². The number of aromatic nitrogens is 2. The van der Waals surface area contributed by atoms with Crippen molar-refractivity contribution in [3.63, 3.8) is 0 Å². The average molecular weight is 416 g/mol. The van der Waals surface area contributed by atoms with Crippen molar-refractivity contribution in [3.05, 3.63) is 71.5 Å². The standard InChI is InChI=1S/C24H26N6O/c25-22-20-9-8-19(31-18-6-2-1-3-7-18)13-16(20)10-12-27-23-21(22)24(29-15-28-23)30-17-5-4-11-26-14-17/h1-3,6-9,13,15,17,25-26H,4-5,10-12,14H2,(H2,27,28,29,30)/p+1. The molecular weight excluding hydrogens is 388 g/mol. The van der Waals surface area contributed by atoms with Gasteiger partial charge in [0.25, 0.3) is 0 Å². The van der Waals surface area contributed by atoms with Crippen LogP contribution < -0.4 is 26.1 Å². The second-order valence-electron chi connectivity index (χ2n) is 7.96. The average Bonchev–Trinajstić information content (AvgIpc) is 2.79. The van der Waals surface area contributed by atoms with Gasteiger partial charge in [-0.15, -0.1) is 0 Å². The molecule has 158 valence electrons. The van der Waals surface area contributed by atoms with E-state index in [-0.39, 0.29) is 0 Å². The highest BCUT2D eigenvalue weighted by Gasteiger charge is 2.27. The first-order chi connectivity index (χ1) is 15.3. The van der Waals surface area contributed by atoms with Crippen LogP contribution in [0.2, 0.25) is 0 Å². The number of piperidine rings is 1. The molecule has 0 aliphatic carbocycles. The molecule has 0 radical (unpaired) electrons. The third-order valence-electron chi connectivity index (χ3n) is 5.79. The summed E-state index contributed by atoms with van der Waals surface area (Å²) in [5.74, 6) is 3.17. The minimum atomic E-state index is 0.326. The number of para-hydroxylation sites is 1. The summed E-state index contributed by atoms with van der Waals surface area (Å²) in [5.41, 5.74) is 3.65. The summed E-state index contributed by atoms with van der Waals surface area (Å²) < 4.78 is 6.03. The van der Waals surface area contributed by atoms with Crippen molar-refractivity contribution in [1.29, 1.82) is 0 Å². The van der Waals surface area contributed by atoms with E-state index in [0.29, 0.717) is 11.8 Å². The van der Waals surface area contributed by atoms with Gasteiger partial charge in [-0.1, -0.05) is 18.2 Å². The minimum absolute atomic E-state index is 0.326. The summed E-state index contributed by atoms with van der Waals surface area (Å²) in [6, 6.07) is 16.2. The SMILES string of the molecule is [NH2+]=C1c2ccc(Oc3ccccc3)cc2CCNc2ncnc(NC3CCCNC3)c21. The van der Waals surface area contributed by atoms with E-state index < -0.39 is 0 Å². The Morgan fingerprint density at radius 3 is 2.77 bits per heavy atom. The van der Waals surface area contributed by atoms with Gasteiger partial charge in [0, 0.05) is 24.7 Å². The van der Waals surface area contributed by atoms with Gasteiger partial charge in [-0.2, -0.15) is 0 Å². The highest BCUT2D eigenvalue weighted by molar-refractivity contribution is 6.15. The first kappa shape index (κ1) is 19.5. The molecule has 2 aliphatic rings. The molecule has 0 spiro atoms. The fourth-order valence-electron chi connectivity index (χ4n) is 4.23. The second kappa shape index (κ2) is 8.73. The molecule has 7 nitrogen and oxygen atoms in total. The van der Waals surface area contributed by atoms with E-state index in [0.717, 1.165) is 78.7 Å². The number of hydrogen-bond acceptors (Lipinski definition) is 6. The van der Waals surface area contributed by atoms with Crippen LogP contribution in [0.25, 0.3) is 0 Å². The molecule has 1 unspecified atom stereocenters. The van der Waals surface area contributed by atoms with Crippen LogP contribution in [0.3, 0.4) is 0 Å². The van der Waals surface area contributed by atoms with Gasteiger partial charge in [0.1, 0.15) is 35.0 Å². The predicted octanol–water partition coefficient (Wildman–Crippen LogP) is 2.00. The maximum absolute atomic E-state index is 6.74. The largest absolute Gasteiger partial charge is 0.457 e. The van der Waals surface area contributed by atoms with E-state index in [1.54, 1.807) is 6.33 Å². The van der Waals surface area contributed by atoms with Crippen LogP contribution in [-0.4, -0.2) is 41.4 Å². The Bertz CT molecular complexity index is 1080. The van der Waals surface area contributed by atoms with Gasteiger partial charge < -0.3 is 20.7 Å². The molecule has 5 N–H and O–H groups in total. The molecule has 1 saturated heterocycles. The van der Waals surface area contributed by atoms with Gasteiger partial charge in [0.2, 0.25) is 5.71 Å². The Kier molecular flexibility index (Phi) is 5.50. The van der Waals surface area contributed by atoms with Gasteiger partial charge in [-0.3, -0.25) is 5.41 Å². The van der Waals surface area contributed by atoms with Crippen LogP contribution >= 0.6 is 0 Å². The first-order valence-corrected chi connectivity index (χ1v) is 10.8. The number of rotatable bonds is 4. The number of hydrogen-bond donors (Lipinski definition) is 4. The molecule has 3 aromatic rings. The normalized spacial score (nSPS) is 18.1. The van der Waals surface area contributed by atoms with Crippen LogP contribution in [-0.2, 0) is 6.42 Å². The van der Waals surface area contributed by atoms with Crippen molar-refractivity contribution in [1.82, 2.24) is 15.3 Å².